The van der Waals surface area contributed by atoms with Crippen molar-refractivity contribution in [3.8, 4) is 11.5 Å². The van der Waals surface area contributed by atoms with Gasteiger partial charge in [0, 0.05) is 18.7 Å². The Morgan fingerprint density at radius 1 is 1.45 bits per heavy atom. The van der Waals surface area contributed by atoms with Crippen molar-refractivity contribution in [3.63, 3.8) is 0 Å². The number of methoxy groups -OCH3 is 2. The van der Waals surface area contributed by atoms with Gasteiger partial charge in [-0.15, -0.1) is 0 Å². The molecule has 0 aliphatic carbocycles. The standard InChI is InChI=1S/C16H24N2O4/c1-21-12-5-6-15(22-2)13(8-12)14(19)10-18-16(20)11-4-3-7-17-9-11/h5-6,8,11,14,17,19H,3-4,7,9-10H2,1-2H3,(H,18,20). The van der Waals surface area contributed by atoms with E-state index in [9.17, 15) is 9.90 Å². The maximum absolute atomic E-state index is 12.1. The second-order valence-corrected chi connectivity index (χ2v) is 5.41. The van der Waals surface area contributed by atoms with E-state index in [1.165, 1.54) is 0 Å². The zero-order chi connectivity index (χ0) is 15.9. The van der Waals surface area contributed by atoms with E-state index in [0.717, 1.165) is 19.4 Å². The quantitative estimate of drug-likeness (QED) is 0.726. The number of ether oxygens (including phenoxy) is 2. The number of carbonyl (C=O) groups excluding carboxylic acids is 1. The van der Waals surface area contributed by atoms with Gasteiger partial charge in [0.2, 0.25) is 5.91 Å². The van der Waals surface area contributed by atoms with Crippen molar-refractivity contribution >= 4 is 5.91 Å². The molecule has 22 heavy (non-hydrogen) atoms. The fraction of sp³-hybridized carbons (Fsp3) is 0.562. The van der Waals surface area contributed by atoms with E-state index in [1.807, 2.05) is 0 Å². The van der Waals surface area contributed by atoms with Crippen LogP contribution in [0.15, 0.2) is 18.2 Å². The SMILES string of the molecule is COc1ccc(OC)c(C(O)CNC(=O)C2CCCNC2)c1. The average Bonchev–Trinajstić information content (AvgIpc) is 2.59. The summed E-state index contributed by atoms with van der Waals surface area (Å²) in [4.78, 5) is 12.1. The minimum atomic E-state index is -0.842. The largest absolute Gasteiger partial charge is 0.497 e. The molecular weight excluding hydrogens is 284 g/mol. The molecule has 1 aliphatic heterocycles. The maximum Gasteiger partial charge on any atom is 0.224 e. The molecule has 3 N–H and O–H groups in total. The van der Waals surface area contributed by atoms with Gasteiger partial charge < -0.3 is 25.2 Å². The predicted octanol–water partition coefficient (Wildman–Crippen LogP) is 0.853. The van der Waals surface area contributed by atoms with Crippen LogP contribution in [0.4, 0.5) is 0 Å². The fourth-order valence-electron chi connectivity index (χ4n) is 2.63. The molecule has 2 rings (SSSR count). The van der Waals surface area contributed by atoms with Gasteiger partial charge >= 0.3 is 0 Å². The van der Waals surface area contributed by atoms with Crippen molar-refractivity contribution < 1.29 is 19.4 Å². The molecule has 0 spiro atoms. The Morgan fingerprint density at radius 2 is 2.27 bits per heavy atom. The minimum Gasteiger partial charge on any atom is -0.497 e. The molecular formula is C16H24N2O4. The summed E-state index contributed by atoms with van der Waals surface area (Å²) in [7, 11) is 3.11. The molecule has 0 radical (unpaired) electrons. The van der Waals surface area contributed by atoms with E-state index in [-0.39, 0.29) is 18.4 Å². The van der Waals surface area contributed by atoms with E-state index in [1.54, 1.807) is 32.4 Å². The molecule has 1 saturated heterocycles. The second kappa shape index (κ2) is 8.00. The van der Waals surface area contributed by atoms with Crippen LogP contribution in [0.3, 0.4) is 0 Å². The van der Waals surface area contributed by atoms with Crippen LogP contribution in [0, 0.1) is 5.92 Å². The van der Waals surface area contributed by atoms with Crippen molar-refractivity contribution in [2.45, 2.75) is 18.9 Å². The highest BCUT2D eigenvalue weighted by Crippen LogP contribution is 2.29. The number of hydrogen-bond acceptors (Lipinski definition) is 5. The van der Waals surface area contributed by atoms with E-state index in [2.05, 4.69) is 10.6 Å². The monoisotopic (exact) mass is 308 g/mol. The van der Waals surface area contributed by atoms with Crippen LogP contribution in [0.5, 0.6) is 11.5 Å². The van der Waals surface area contributed by atoms with E-state index >= 15 is 0 Å². The summed E-state index contributed by atoms with van der Waals surface area (Å²) in [5.74, 6) is 1.17. The number of piperidine rings is 1. The third-order valence-electron chi connectivity index (χ3n) is 3.93. The van der Waals surface area contributed by atoms with E-state index in [4.69, 9.17) is 9.47 Å². The Labute approximate surface area is 130 Å². The van der Waals surface area contributed by atoms with Gasteiger partial charge in [0.1, 0.15) is 11.5 Å². The molecule has 1 aromatic carbocycles. The zero-order valence-corrected chi connectivity index (χ0v) is 13.1. The molecule has 0 saturated carbocycles. The third kappa shape index (κ3) is 4.11. The molecule has 2 unspecified atom stereocenters. The predicted molar refractivity (Wildman–Crippen MR) is 83.1 cm³/mol. The maximum atomic E-state index is 12.1. The van der Waals surface area contributed by atoms with Gasteiger partial charge in [-0.25, -0.2) is 0 Å². The number of amides is 1. The van der Waals surface area contributed by atoms with Crippen LogP contribution in [0.2, 0.25) is 0 Å². The highest BCUT2D eigenvalue weighted by Gasteiger charge is 2.22. The lowest BCUT2D eigenvalue weighted by molar-refractivity contribution is -0.125. The number of aliphatic hydroxyl groups is 1. The van der Waals surface area contributed by atoms with Crippen LogP contribution in [-0.4, -0.2) is 44.9 Å². The Kier molecular flexibility index (Phi) is 6.03. The number of rotatable bonds is 6. The van der Waals surface area contributed by atoms with Crippen molar-refractivity contribution in [3.05, 3.63) is 23.8 Å². The van der Waals surface area contributed by atoms with Crippen molar-refractivity contribution in [1.82, 2.24) is 10.6 Å². The van der Waals surface area contributed by atoms with Gasteiger partial charge in [-0.2, -0.15) is 0 Å². The zero-order valence-electron chi connectivity index (χ0n) is 13.1. The van der Waals surface area contributed by atoms with Crippen LogP contribution in [0.25, 0.3) is 0 Å². The molecule has 1 fully saturated rings. The van der Waals surface area contributed by atoms with Gasteiger partial charge in [0.05, 0.1) is 26.2 Å². The third-order valence-corrected chi connectivity index (χ3v) is 3.93. The van der Waals surface area contributed by atoms with Crippen molar-refractivity contribution in [2.24, 2.45) is 5.92 Å². The molecule has 2 atom stereocenters. The molecule has 122 valence electrons. The number of nitrogens with one attached hydrogen (secondary N) is 2. The number of benzene rings is 1. The van der Waals surface area contributed by atoms with Crippen LogP contribution >= 0.6 is 0 Å². The number of hydrogen-bond donors (Lipinski definition) is 3. The first-order valence-corrected chi connectivity index (χ1v) is 7.54. The van der Waals surface area contributed by atoms with Crippen molar-refractivity contribution in [2.75, 3.05) is 33.9 Å². The molecule has 1 aromatic rings. The van der Waals surface area contributed by atoms with Crippen LogP contribution in [0.1, 0.15) is 24.5 Å². The fourth-order valence-corrected chi connectivity index (χ4v) is 2.63. The Bertz CT molecular complexity index is 501. The van der Waals surface area contributed by atoms with Crippen molar-refractivity contribution in [1.29, 1.82) is 0 Å². The highest BCUT2D eigenvalue weighted by molar-refractivity contribution is 5.79. The normalized spacial score (nSPS) is 19.3. The average molecular weight is 308 g/mol. The first-order chi connectivity index (χ1) is 10.7. The Morgan fingerprint density at radius 3 is 2.91 bits per heavy atom. The molecule has 0 bridgehead atoms. The van der Waals surface area contributed by atoms with Gasteiger partial charge in [0.25, 0.3) is 0 Å². The summed E-state index contributed by atoms with van der Waals surface area (Å²) in [6, 6.07) is 5.23. The number of carbonyl (C=O) groups is 1. The van der Waals surface area contributed by atoms with Gasteiger partial charge in [-0.1, -0.05) is 0 Å². The van der Waals surface area contributed by atoms with E-state index in [0.29, 0.717) is 23.6 Å². The van der Waals surface area contributed by atoms with Gasteiger partial charge in [-0.05, 0) is 37.6 Å². The van der Waals surface area contributed by atoms with Crippen LogP contribution < -0.4 is 20.1 Å². The molecule has 1 aliphatic rings. The van der Waals surface area contributed by atoms with Gasteiger partial charge in [-0.3, -0.25) is 4.79 Å². The Balaban J connectivity index is 1.96. The number of aliphatic hydroxyl groups excluding tert-OH is 1. The van der Waals surface area contributed by atoms with E-state index < -0.39 is 6.10 Å². The first-order valence-electron chi connectivity index (χ1n) is 7.54. The van der Waals surface area contributed by atoms with Gasteiger partial charge in [0.15, 0.2) is 0 Å². The summed E-state index contributed by atoms with van der Waals surface area (Å²) in [6.45, 7) is 1.82. The lowest BCUT2D eigenvalue weighted by Gasteiger charge is -2.23. The topological polar surface area (TPSA) is 79.8 Å². The summed E-state index contributed by atoms with van der Waals surface area (Å²) in [6.07, 6.45) is 1.05. The summed E-state index contributed by atoms with van der Waals surface area (Å²) in [5.41, 5.74) is 0.601. The highest BCUT2D eigenvalue weighted by atomic mass is 16.5. The molecule has 1 heterocycles. The summed E-state index contributed by atoms with van der Waals surface area (Å²) in [5, 5.41) is 16.4. The minimum absolute atomic E-state index is 0.0202. The van der Waals surface area contributed by atoms with Crippen LogP contribution in [-0.2, 0) is 4.79 Å². The second-order valence-electron chi connectivity index (χ2n) is 5.41. The lowest BCUT2D eigenvalue weighted by atomic mass is 9.98. The summed E-state index contributed by atoms with van der Waals surface area (Å²) < 4.78 is 10.4. The first kappa shape index (κ1) is 16.6. The molecule has 6 nitrogen and oxygen atoms in total. The summed E-state index contributed by atoms with van der Waals surface area (Å²) >= 11 is 0. The smallest absolute Gasteiger partial charge is 0.224 e. The Hall–Kier alpha value is -1.79. The lowest BCUT2D eigenvalue weighted by Crippen LogP contribution is -2.41. The molecule has 1 amide bonds. The molecule has 6 heteroatoms. The molecule has 0 aromatic heterocycles.